The third kappa shape index (κ3) is 5.81. The van der Waals surface area contributed by atoms with Gasteiger partial charge in [0.2, 0.25) is 0 Å². The molecule has 1 unspecified atom stereocenters. The van der Waals surface area contributed by atoms with Gasteiger partial charge in [0.15, 0.2) is 5.96 Å². The van der Waals surface area contributed by atoms with Crippen LogP contribution in [0.3, 0.4) is 0 Å². The van der Waals surface area contributed by atoms with E-state index in [-0.39, 0.29) is 24.0 Å². The largest absolute Gasteiger partial charge is 0.469 e. The van der Waals surface area contributed by atoms with Crippen LogP contribution in [0.4, 0.5) is 0 Å². The van der Waals surface area contributed by atoms with E-state index in [1.54, 1.807) is 23.9 Å². The van der Waals surface area contributed by atoms with Crippen molar-refractivity contribution in [3.8, 4) is 0 Å². The van der Waals surface area contributed by atoms with Crippen molar-refractivity contribution in [1.82, 2.24) is 25.4 Å². The molecular formula is C19H25IN6OS. The van der Waals surface area contributed by atoms with E-state index in [1.165, 1.54) is 4.88 Å². The van der Waals surface area contributed by atoms with Crippen molar-refractivity contribution < 1.29 is 4.42 Å². The van der Waals surface area contributed by atoms with Gasteiger partial charge in [0, 0.05) is 43.3 Å². The number of fused-ring (bicyclic) bond motifs is 1. The fraction of sp³-hybridized carbons (Fsp3) is 0.421. The molecule has 0 aliphatic carbocycles. The molecule has 4 heterocycles. The Kier molecular flexibility index (Phi) is 7.90. The molecule has 3 aromatic rings. The third-order valence-corrected chi connectivity index (χ3v) is 5.53. The Morgan fingerprint density at radius 1 is 1.32 bits per heavy atom. The van der Waals surface area contributed by atoms with Crippen molar-refractivity contribution in [2.45, 2.75) is 38.3 Å². The molecule has 9 heteroatoms. The highest BCUT2D eigenvalue weighted by Crippen LogP contribution is 2.12. The quantitative estimate of drug-likeness (QED) is 0.289. The van der Waals surface area contributed by atoms with Gasteiger partial charge in [0.1, 0.15) is 17.9 Å². The van der Waals surface area contributed by atoms with E-state index in [2.05, 4.69) is 38.2 Å². The van der Waals surface area contributed by atoms with Gasteiger partial charge in [-0.3, -0.25) is 4.99 Å². The number of nitrogens with one attached hydrogen (secondary N) is 2. The molecule has 0 bridgehead atoms. The highest BCUT2D eigenvalue weighted by Gasteiger charge is 2.20. The van der Waals surface area contributed by atoms with Crippen LogP contribution in [0.5, 0.6) is 0 Å². The molecule has 0 amide bonds. The van der Waals surface area contributed by atoms with Crippen molar-refractivity contribution in [3.05, 3.63) is 58.7 Å². The maximum Gasteiger partial charge on any atom is 0.191 e. The number of furan rings is 1. The number of hydrogen-bond donors (Lipinski definition) is 2. The van der Waals surface area contributed by atoms with Gasteiger partial charge in [0.25, 0.3) is 0 Å². The lowest BCUT2D eigenvalue weighted by Crippen LogP contribution is -2.47. The molecule has 2 N–H and O–H groups in total. The maximum absolute atomic E-state index is 5.41. The van der Waals surface area contributed by atoms with Crippen molar-refractivity contribution >= 4 is 41.3 Å². The first-order chi connectivity index (χ1) is 13.4. The van der Waals surface area contributed by atoms with E-state index in [1.807, 2.05) is 16.8 Å². The fourth-order valence-corrected chi connectivity index (χ4v) is 3.89. The molecule has 4 rings (SSSR count). The van der Waals surface area contributed by atoms with Crippen molar-refractivity contribution in [2.24, 2.45) is 4.99 Å². The van der Waals surface area contributed by atoms with Crippen LogP contribution in [0.2, 0.25) is 0 Å². The van der Waals surface area contributed by atoms with Crippen molar-refractivity contribution in [2.75, 3.05) is 13.1 Å². The van der Waals surface area contributed by atoms with Gasteiger partial charge in [-0.05, 0) is 30.0 Å². The number of rotatable bonds is 7. The minimum absolute atomic E-state index is 0. The molecule has 0 saturated carbocycles. The zero-order valence-electron chi connectivity index (χ0n) is 15.6. The Hall–Kier alpha value is -1.88. The second-order valence-corrected chi connectivity index (χ2v) is 7.59. The number of hydrogen-bond acceptors (Lipinski definition) is 5. The molecule has 0 fully saturated rings. The number of thiophene rings is 1. The molecule has 1 atom stereocenters. The molecular weight excluding hydrogens is 487 g/mol. The standard InChI is InChI=1S/C19H24N6OS.HI/c1-3-16(26-11-1)7-9-20-19(21-10-8-17-4-2-12-27-17)24-15-5-6-18-22-14-23-25(18)13-15;/h1-4,11-12,14-15H,5-10,13H2,(H2,20,21,24);1H. The first-order valence-corrected chi connectivity index (χ1v) is 10.2. The van der Waals surface area contributed by atoms with Gasteiger partial charge in [-0.1, -0.05) is 6.07 Å². The van der Waals surface area contributed by atoms with Gasteiger partial charge < -0.3 is 15.1 Å². The number of guanidine groups is 1. The summed E-state index contributed by atoms with van der Waals surface area (Å²) in [5.41, 5.74) is 0. The lowest BCUT2D eigenvalue weighted by Gasteiger charge is -2.25. The maximum atomic E-state index is 5.41. The van der Waals surface area contributed by atoms with Crippen LogP contribution in [0.15, 0.2) is 51.6 Å². The second kappa shape index (κ2) is 10.6. The third-order valence-electron chi connectivity index (χ3n) is 4.60. The first kappa shape index (κ1) is 20.8. The van der Waals surface area contributed by atoms with E-state index >= 15 is 0 Å². The monoisotopic (exact) mass is 512 g/mol. The fourth-order valence-electron chi connectivity index (χ4n) is 3.19. The first-order valence-electron chi connectivity index (χ1n) is 9.33. The van der Waals surface area contributed by atoms with Crippen LogP contribution in [-0.2, 0) is 25.8 Å². The molecule has 0 spiro atoms. The summed E-state index contributed by atoms with van der Waals surface area (Å²) in [6, 6.07) is 8.46. The topological polar surface area (TPSA) is 80.3 Å². The highest BCUT2D eigenvalue weighted by molar-refractivity contribution is 14.0. The molecule has 3 aromatic heterocycles. The predicted molar refractivity (Wildman–Crippen MR) is 121 cm³/mol. The molecule has 0 radical (unpaired) electrons. The average molecular weight is 512 g/mol. The number of halogens is 1. The van der Waals surface area contributed by atoms with Crippen LogP contribution >= 0.6 is 35.3 Å². The molecule has 1 aliphatic heterocycles. The van der Waals surface area contributed by atoms with E-state index in [4.69, 9.17) is 9.41 Å². The van der Waals surface area contributed by atoms with Crippen LogP contribution < -0.4 is 10.6 Å². The summed E-state index contributed by atoms with van der Waals surface area (Å²) >= 11 is 1.78. The average Bonchev–Trinajstić information content (AvgIpc) is 3.44. The summed E-state index contributed by atoms with van der Waals surface area (Å²) in [6.07, 6.45) is 7.10. The minimum Gasteiger partial charge on any atom is -0.469 e. The summed E-state index contributed by atoms with van der Waals surface area (Å²) in [5, 5.41) is 13.4. The smallest absolute Gasteiger partial charge is 0.191 e. The molecule has 28 heavy (non-hydrogen) atoms. The number of aromatic nitrogens is 3. The zero-order valence-corrected chi connectivity index (χ0v) is 18.7. The Bertz CT molecular complexity index is 846. The summed E-state index contributed by atoms with van der Waals surface area (Å²) in [4.78, 5) is 10.4. The minimum atomic E-state index is 0. The highest BCUT2D eigenvalue weighted by atomic mass is 127. The lowest BCUT2D eigenvalue weighted by molar-refractivity contribution is 0.392. The summed E-state index contributed by atoms with van der Waals surface area (Å²) in [7, 11) is 0. The van der Waals surface area contributed by atoms with Crippen LogP contribution in [0, 0.1) is 0 Å². The van der Waals surface area contributed by atoms with E-state index in [0.717, 1.165) is 62.9 Å². The van der Waals surface area contributed by atoms with E-state index in [0.29, 0.717) is 6.04 Å². The van der Waals surface area contributed by atoms with Gasteiger partial charge in [-0.2, -0.15) is 5.10 Å². The van der Waals surface area contributed by atoms with Crippen molar-refractivity contribution in [1.29, 1.82) is 0 Å². The second-order valence-electron chi connectivity index (χ2n) is 6.55. The van der Waals surface area contributed by atoms with Crippen LogP contribution in [0.1, 0.15) is 22.9 Å². The van der Waals surface area contributed by atoms with Gasteiger partial charge >= 0.3 is 0 Å². The van der Waals surface area contributed by atoms with E-state index < -0.39 is 0 Å². The molecule has 1 aliphatic rings. The number of aryl methyl sites for hydroxylation is 1. The Balaban J connectivity index is 0.00000225. The van der Waals surface area contributed by atoms with Crippen LogP contribution in [0.25, 0.3) is 0 Å². The number of nitrogens with zero attached hydrogens (tertiary/aromatic N) is 4. The number of aliphatic imine (C=N–C) groups is 1. The molecule has 0 saturated heterocycles. The Labute approximate surface area is 185 Å². The molecule has 7 nitrogen and oxygen atoms in total. The predicted octanol–water partition coefficient (Wildman–Crippen LogP) is 2.89. The van der Waals surface area contributed by atoms with Gasteiger partial charge in [-0.15, -0.1) is 35.3 Å². The molecule has 150 valence electrons. The molecule has 0 aromatic carbocycles. The Morgan fingerprint density at radius 2 is 2.29 bits per heavy atom. The van der Waals surface area contributed by atoms with Gasteiger partial charge in [-0.25, -0.2) is 9.67 Å². The van der Waals surface area contributed by atoms with Crippen LogP contribution in [-0.4, -0.2) is 39.9 Å². The van der Waals surface area contributed by atoms with E-state index in [9.17, 15) is 0 Å². The zero-order chi connectivity index (χ0) is 18.3. The summed E-state index contributed by atoms with van der Waals surface area (Å²) < 4.78 is 7.39. The summed E-state index contributed by atoms with van der Waals surface area (Å²) in [6.45, 7) is 2.36. The SMILES string of the molecule is I.c1coc(CCNC(=NCCc2cccs2)NC2CCc3ncnn3C2)c1. The summed E-state index contributed by atoms with van der Waals surface area (Å²) in [5.74, 6) is 2.90. The lowest BCUT2D eigenvalue weighted by atomic mass is 10.1. The van der Waals surface area contributed by atoms with Gasteiger partial charge in [0.05, 0.1) is 12.8 Å². The van der Waals surface area contributed by atoms with Crippen molar-refractivity contribution in [3.63, 3.8) is 0 Å². The Morgan fingerprint density at radius 3 is 3.11 bits per heavy atom. The normalized spacial score (nSPS) is 16.3.